The Balaban J connectivity index is 2.21. The van der Waals surface area contributed by atoms with E-state index in [2.05, 4.69) is 0 Å². The minimum atomic E-state index is -0.575. The molecule has 1 heterocycles. The average molecular weight is 187 g/mol. The zero-order valence-electron chi connectivity index (χ0n) is 8.03. The molecule has 4 nitrogen and oxygen atoms in total. The molecular formula is C9H17NO3. The highest BCUT2D eigenvalue weighted by Crippen LogP contribution is 2.09. The van der Waals surface area contributed by atoms with Crippen LogP contribution in [0.15, 0.2) is 0 Å². The van der Waals surface area contributed by atoms with E-state index in [0.29, 0.717) is 0 Å². The zero-order valence-corrected chi connectivity index (χ0v) is 8.03. The standard InChI is InChI=1S/C9H17NO3/c1-8(11)7-13-9(12)10-5-3-2-4-6-10/h8,11H,2-7H2,1H3/t8-/m1/s1. The molecule has 0 aliphatic carbocycles. The number of amides is 1. The number of carbonyl (C=O) groups excluding carboxylic acids is 1. The quantitative estimate of drug-likeness (QED) is 0.701. The molecule has 1 aliphatic rings. The lowest BCUT2D eigenvalue weighted by atomic mass is 10.1. The summed E-state index contributed by atoms with van der Waals surface area (Å²) in [5.74, 6) is 0. The number of carbonyl (C=O) groups is 1. The number of aliphatic hydroxyl groups excluding tert-OH is 1. The van der Waals surface area contributed by atoms with E-state index >= 15 is 0 Å². The van der Waals surface area contributed by atoms with Crippen LogP contribution in [0, 0.1) is 0 Å². The fourth-order valence-corrected chi connectivity index (χ4v) is 1.36. The van der Waals surface area contributed by atoms with Gasteiger partial charge in [-0.1, -0.05) is 0 Å². The van der Waals surface area contributed by atoms with Crippen LogP contribution in [0.5, 0.6) is 0 Å². The molecule has 1 amide bonds. The second kappa shape index (κ2) is 5.07. The van der Waals surface area contributed by atoms with Gasteiger partial charge in [-0.2, -0.15) is 0 Å². The van der Waals surface area contributed by atoms with Crippen molar-refractivity contribution in [2.45, 2.75) is 32.3 Å². The molecule has 0 saturated carbocycles. The van der Waals surface area contributed by atoms with E-state index in [0.717, 1.165) is 25.9 Å². The fourth-order valence-electron chi connectivity index (χ4n) is 1.36. The van der Waals surface area contributed by atoms with Gasteiger partial charge in [0, 0.05) is 13.1 Å². The van der Waals surface area contributed by atoms with Gasteiger partial charge in [0.15, 0.2) is 0 Å². The van der Waals surface area contributed by atoms with Crippen LogP contribution in [0.1, 0.15) is 26.2 Å². The van der Waals surface area contributed by atoms with Crippen LogP contribution in [0.2, 0.25) is 0 Å². The van der Waals surface area contributed by atoms with E-state index in [1.54, 1.807) is 11.8 Å². The molecule has 1 rings (SSSR count). The summed E-state index contributed by atoms with van der Waals surface area (Å²) in [6.45, 7) is 3.27. The maximum absolute atomic E-state index is 11.3. The van der Waals surface area contributed by atoms with Crippen molar-refractivity contribution in [3.8, 4) is 0 Å². The van der Waals surface area contributed by atoms with Gasteiger partial charge in [0.25, 0.3) is 0 Å². The number of rotatable bonds is 2. The summed E-state index contributed by atoms with van der Waals surface area (Å²) in [5.41, 5.74) is 0. The van der Waals surface area contributed by atoms with Gasteiger partial charge in [0.2, 0.25) is 0 Å². The van der Waals surface area contributed by atoms with Crippen molar-refractivity contribution < 1.29 is 14.6 Å². The minimum Gasteiger partial charge on any atom is -0.447 e. The van der Waals surface area contributed by atoms with E-state index in [-0.39, 0.29) is 12.7 Å². The first-order chi connectivity index (χ1) is 6.20. The summed E-state index contributed by atoms with van der Waals surface area (Å²) in [5, 5.41) is 8.90. The first kappa shape index (κ1) is 10.3. The van der Waals surface area contributed by atoms with Crippen LogP contribution >= 0.6 is 0 Å². The van der Waals surface area contributed by atoms with E-state index < -0.39 is 6.10 Å². The first-order valence-corrected chi connectivity index (χ1v) is 4.80. The second-order valence-corrected chi connectivity index (χ2v) is 3.47. The van der Waals surface area contributed by atoms with Gasteiger partial charge in [-0.15, -0.1) is 0 Å². The maximum atomic E-state index is 11.3. The molecule has 76 valence electrons. The van der Waals surface area contributed by atoms with Crippen LogP contribution in [0.3, 0.4) is 0 Å². The van der Waals surface area contributed by atoms with Crippen molar-refractivity contribution in [2.75, 3.05) is 19.7 Å². The predicted octanol–water partition coefficient (Wildman–Crippen LogP) is 0.990. The molecule has 13 heavy (non-hydrogen) atoms. The van der Waals surface area contributed by atoms with Crippen LogP contribution in [0.25, 0.3) is 0 Å². The van der Waals surface area contributed by atoms with Gasteiger partial charge in [0.05, 0.1) is 6.10 Å². The van der Waals surface area contributed by atoms with Crippen molar-refractivity contribution >= 4 is 6.09 Å². The number of hydrogen-bond donors (Lipinski definition) is 1. The van der Waals surface area contributed by atoms with Crippen LogP contribution < -0.4 is 0 Å². The second-order valence-electron chi connectivity index (χ2n) is 3.47. The lowest BCUT2D eigenvalue weighted by Crippen LogP contribution is -2.37. The van der Waals surface area contributed by atoms with Gasteiger partial charge in [-0.3, -0.25) is 0 Å². The molecule has 1 atom stereocenters. The van der Waals surface area contributed by atoms with Crippen molar-refractivity contribution in [1.82, 2.24) is 4.90 Å². The molecule has 0 aromatic heterocycles. The van der Waals surface area contributed by atoms with E-state index in [1.165, 1.54) is 6.42 Å². The Morgan fingerprint density at radius 2 is 2.08 bits per heavy atom. The zero-order chi connectivity index (χ0) is 9.68. The Hall–Kier alpha value is -0.770. The van der Waals surface area contributed by atoms with E-state index in [1.807, 2.05) is 0 Å². The lowest BCUT2D eigenvalue weighted by molar-refractivity contribution is 0.0514. The summed E-state index contributed by atoms with van der Waals surface area (Å²) in [6, 6.07) is 0. The van der Waals surface area contributed by atoms with Gasteiger partial charge in [-0.25, -0.2) is 4.79 Å². The Kier molecular flexibility index (Phi) is 4.02. The van der Waals surface area contributed by atoms with Crippen molar-refractivity contribution in [1.29, 1.82) is 0 Å². The summed E-state index contributed by atoms with van der Waals surface area (Å²) in [7, 11) is 0. The minimum absolute atomic E-state index is 0.0926. The molecule has 0 spiro atoms. The predicted molar refractivity (Wildman–Crippen MR) is 48.5 cm³/mol. The highest BCUT2D eigenvalue weighted by atomic mass is 16.6. The van der Waals surface area contributed by atoms with Gasteiger partial charge >= 0.3 is 6.09 Å². The third-order valence-electron chi connectivity index (χ3n) is 2.06. The van der Waals surface area contributed by atoms with Gasteiger partial charge < -0.3 is 14.7 Å². The molecule has 1 N–H and O–H groups in total. The highest BCUT2D eigenvalue weighted by Gasteiger charge is 2.17. The van der Waals surface area contributed by atoms with Crippen LogP contribution in [-0.2, 0) is 4.74 Å². The molecule has 4 heteroatoms. The summed E-state index contributed by atoms with van der Waals surface area (Å²) >= 11 is 0. The number of likely N-dealkylation sites (tertiary alicyclic amines) is 1. The summed E-state index contributed by atoms with van der Waals surface area (Å²) < 4.78 is 4.88. The summed E-state index contributed by atoms with van der Waals surface area (Å²) in [6.07, 6.45) is 2.45. The Morgan fingerprint density at radius 3 is 2.62 bits per heavy atom. The maximum Gasteiger partial charge on any atom is 0.409 e. The van der Waals surface area contributed by atoms with E-state index in [9.17, 15) is 4.79 Å². The van der Waals surface area contributed by atoms with Crippen molar-refractivity contribution in [3.05, 3.63) is 0 Å². The molecule has 0 radical (unpaired) electrons. The molecule has 1 aliphatic heterocycles. The normalized spacial score (nSPS) is 19.7. The largest absolute Gasteiger partial charge is 0.447 e. The molecule has 0 unspecified atom stereocenters. The van der Waals surface area contributed by atoms with Crippen molar-refractivity contribution in [2.24, 2.45) is 0 Å². The third kappa shape index (κ3) is 3.63. The Morgan fingerprint density at radius 1 is 1.46 bits per heavy atom. The topological polar surface area (TPSA) is 49.8 Å². The smallest absolute Gasteiger partial charge is 0.409 e. The SMILES string of the molecule is C[C@@H](O)COC(=O)N1CCCCC1. The summed E-state index contributed by atoms with van der Waals surface area (Å²) in [4.78, 5) is 13.0. The molecule has 0 aromatic rings. The number of piperidine rings is 1. The lowest BCUT2D eigenvalue weighted by Gasteiger charge is -2.25. The number of nitrogens with zero attached hydrogens (tertiary/aromatic N) is 1. The monoisotopic (exact) mass is 187 g/mol. The van der Waals surface area contributed by atoms with Gasteiger partial charge in [-0.05, 0) is 26.2 Å². The van der Waals surface area contributed by atoms with Crippen molar-refractivity contribution in [3.63, 3.8) is 0 Å². The average Bonchev–Trinajstić information content (AvgIpc) is 2.15. The van der Waals surface area contributed by atoms with E-state index in [4.69, 9.17) is 9.84 Å². The molecule has 1 saturated heterocycles. The Labute approximate surface area is 78.5 Å². The Bertz CT molecular complexity index is 164. The fraction of sp³-hybridized carbons (Fsp3) is 0.889. The molecule has 1 fully saturated rings. The highest BCUT2D eigenvalue weighted by molar-refractivity contribution is 5.67. The first-order valence-electron chi connectivity index (χ1n) is 4.80. The number of ether oxygens (including phenoxy) is 1. The van der Waals surface area contributed by atoms with Gasteiger partial charge in [0.1, 0.15) is 6.61 Å². The molecular weight excluding hydrogens is 170 g/mol. The van der Waals surface area contributed by atoms with Crippen LogP contribution in [-0.4, -0.2) is 41.9 Å². The molecule has 0 aromatic carbocycles. The molecule has 0 bridgehead atoms. The third-order valence-corrected chi connectivity index (χ3v) is 2.06. The number of hydrogen-bond acceptors (Lipinski definition) is 3. The number of aliphatic hydroxyl groups is 1. The van der Waals surface area contributed by atoms with Crippen LogP contribution in [0.4, 0.5) is 4.79 Å².